The lowest BCUT2D eigenvalue weighted by Crippen LogP contribution is -2.47. The van der Waals surface area contributed by atoms with Gasteiger partial charge in [-0.3, -0.25) is 4.79 Å². The second-order valence-electron chi connectivity index (χ2n) is 6.88. The predicted molar refractivity (Wildman–Crippen MR) is 114 cm³/mol. The number of carboxylic acids is 1. The number of rotatable bonds is 5. The summed E-state index contributed by atoms with van der Waals surface area (Å²) < 4.78 is 0. The van der Waals surface area contributed by atoms with Crippen molar-refractivity contribution in [3.63, 3.8) is 0 Å². The Balaban J connectivity index is 1.49. The third-order valence-corrected chi connectivity index (χ3v) is 4.98. The maximum atomic E-state index is 12.4. The van der Waals surface area contributed by atoms with Gasteiger partial charge in [-0.2, -0.15) is 0 Å². The largest absolute Gasteiger partial charge is 0.478 e. The van der Waals surface area contributed by atoms with Crippen molar-refractivity contribution in [1.29, 1.82) is 0 Å². The van der Waals surface area contributed by atoms with Crippen LogP contribution in [0.5, 0.6) is 0 Å². The Morgan fingerprint density at radius 2 is 1.53 bits per heavy atom. The number of anilines is 3. The number of aromatic carboxylic acids is 1. The second-order valence-corrected chi connectivity index (χ2v) is 6.88. The lowest BCUT2D eigenvalue weighted by Gasteiger charge is -2.36. The van der Waals surface area contributed by atoms with Crippen LogP contribution in [0.15, 0.2) is 67.0 Å². The summed E-state index contributed by atoms with van der Waals surface area (Å²) in [5, 5.41) is 12.5. The highest BCUT2D eigenvalue weighted by Gasteiger charge is 2.23. The first-order valence-electron chi connectivity index (χ1n) is 9.62. The number of benzene rings is 2. The fourth-order valence-corrected chi connectivity index (χ4v) is 3.46. The first-order chi connectivity index (χ1) is 14.6. The minimum Gasteiger partial charge on any atom is -0.478 e. The number of aromatic nitrogens is 2. The van der Waals surface area contributed by atoms with Gasteiger partial charge in [-0.1, -0.05) is 18.2 Å². The maximum absolute atomic E-state index is 12.4. The number of amides is 1. The molecule has 152 valence electrons. The molecule has 0 unspecified atom stereocenters. The van der Waals surface area contributed by atoms with E-state index in [0.717, 1.165) is 0 Å². The van der Waals surface area contributed by atoms with E-state index in [1.54, 1.807) is 54.9 Å². The lowest BCUT2D eigenvalue weighted by atomic mass is 10.1. The van der Waals surface area contributed by atoms with Crippen LogP contribution in [0.1, 0.15) is 20.7 Å². The van der Waals surface area contributed by atoms with Gasteiger partial charge in [0.2, 0.25) is 5.95 Å². The molecule has 2 aromatic carbocycles. The van der Waals surface area contributed by atoms with Crippen molar-refractivity contribution in [2.45, 2.75) is 0 Å². The molecule has 2 N–H and O–H groups in total. The second kappa shape index (κ2) is 8.60. The summed E-state index contributed by atoms with van der Waals surface area (Å²) in [6, 6.07) is 15.6. The molecule has 0 spiro atoms. The van der Waals surface area contributed by atoms with Gasteiger partial charge < -0.3 is 20.2 Å². The Labute approximate surface area is 173 Å². The molecule has 3 aromatic rings. The highest BCUT2D eigenvalue weighted by atomic mass is 16.4. The summed E-state index contributed by atoms with van der Waals surface area (Å²) >= 11 is 0. The molecule has 1 aliphatic heterocycles. The Morgan fingerprint density at radius 3 is 2.20 bits per heavy atom. The molecule has 0 bridgehead atoms. The van der Waals surface area contributed by atoms with Gasteiger partial charge in [0.25, 0.3) is 5.91 Å². The summed E-state index contributed by atoms with van der Waals surface area (Å²) in [5.74, 6) is -0.639. The Hall–Kier alpha value is -3.94. The van der Waals surface area contributed by atoms with Crippen LogP contribution in [0.4, 0.5) is 17.3 Å². The van der Waals surface area contributed by atoms with E-state index in [-0.39, 0.29) is 11.5 Å². The third kappa shape index (κ3) is 4.22. The van der Waals surface area contributed by atoms with Crippen LogP contribution < -0.4 is 15.1 Å². The van der Waals surface area contributed by atoms with Crippen LogP contribution in [0.25, 0.3) is 0 Å². The number of hydrogen-bond donors (Lipinski definition) is 2. The zero-order valence-corrected chi connectivity index (χ0v) is 16.2. The minimum atomic E-state index is -1.03. The molecule has 1 fully saturated rings. The van der Waals surface area contributed by atoms with Crippen LogP contribution >= 0.6 is 0 Å². The van der Waals surface area contributed by atoms with Crippen molar-refractivity contribution in [3.8, 4) is 0 Å². The molecule has 8 heteroatoms. The van der Waals surface area contributed by atoms with Crippen molar-refractivity contribution in [3.05, 3.63) is 78.1 Å². The van der Waals surface area contributed by atoms with E-state index in [9.17, 15) is 14.7 Å². The third-order valence-electron chi connectivity index (χ3n) is 4.98. The summed E-state index contributed by atoms with van der Waals surface area (Å²) in [5.41, 5.74) is 1.75. The number of carboxylic acid groups (broad SMARTS) is 1. The maximum Gasteiger partial charge on any atom is 0.337 e. The molecule has 4 rings (SSSR count). The Bertz CT molecular complexity index is 1040. The van der Waals surface area contributed by atoms with Crippen LogP contribution in [-0.4, -0.2) is 53.1 Å². The molecule has 1 aliphatic rings. The highest BCUT2D eigenvalue weighted by Crippen LogP contribution is 2.26. The van der Waals surface area contributed by atoms with Gasteiger partial charge in [-0.05, 0) is 36.4 Å². The van der Waals surface area contributed by atoms with Crippen molar-refractivity contribution in [2.24, 2.45) is 0 Å². The zero-order valence-electron chi connectivity index (χ0n) is 16.2. The van der Waals surface area contributed by atoms with Crippen LogP contribution in [-0.2, 0) is 0 Å². The smallest absolute Gasteiger partial charge is 0.337 e. The zero-order chi connectivity index (χ0) is 20.9. The average Bonchev–Trinajstić information content (AvgIpc) is 2.80. The number of nitrogens with one attached hydrogen (secondary N) is 1. The van der Waals surface area contributed by atoms with Gasteiger partial charge in [0, 0.05) is 49.8 Å². The molecule has 0 aliphatic carbocycles. The molecule has 8 nitrogen and oxygen atoms in total. The Kier molecular flexibility index (Phi) is 5.56. The number of carbonyl (C=O) groups excluding carboxylic acids is 1. The number of hydrogen-bond acceptors (Lipinski definition) is 6. The van der Waals surface area contributed by atoms with E-state index in [1.807, 2.05) is 11.0 Å². The van der Waals surface area contributed by atoms with Gasteiger partial charge in [-0.15, -0.1) is 0 Å². The quantitative estimate of drug-likeness (QED) is 0.676. The minimum absolute atomic E-state index is 0.158. The number of nitrogens with zero attached hydrogens (tertiary/aromatic N) is 4. The van der Waals surface area contributed by atoms with Crippen LogP contribution in [0.2, 0.25) is 0 Å². The van der Waals surface area contributed by atoms with E-state index in [0.29, 0.717) is 49.1 Å². The van der Waals surface area contributed by atoms with E-state index in [1.165, 1.54) is 6.07 Å². The van der Waals surface area contributed by atoms with E-state index < -0.39 is 5.97 Å². The monoisotopic (exact) mass is 403 g/mol. The predicted octanol–water partition coefficient (Wildman–Crippen LogP) is 2.75. The molecule has 1 aromatic heterocycles. The standard InChI is InChI=1S/C22H21N5O3/c28-20(16-5-2-1-3-6-16)25-17-7-8-19(18(15-17)21(29)30)26-11-13-27(14-12-26)22-23-9-4-10-24-22/h1-10,15H,11-14H2,(H,25,28)(H,29,30). The van der Waals surface area contributed by atoms with E-state index in [2.05, 4.69) is 20.2 Å². The van der Waals surface area contributed by atoms with Crippen molar-refractivity contribution >= 4 is 29.2 Å². The molecule has 0 radical (unpaired) electrons. The van der Waals surface area contributed by atoms with E-state index >= 15 is 0 Å². The summed E-state index contributed by atoms with van der Waals surface area (Å²) in [4.78, 5) is 36.9. The fourth-order valence-electron chi connectivity index (χ4n) is 3.46. The number of carbonyl (C=O) groups is 2. The normalized spacial score (nSPS) is 13.7. The van der Waals surface area contributed by atoms with Crippen molar-refractivity contribution in [2.75, 3.05) is 41.3 Å². The van der Waals surface area contributed by atoms with Gasteiger partial charge in [0.05, 0.1) is 11.3 Å². The highest BCUT2D eigenvalue weighted by molar-refractivity contribution is 6.05. The molecule has 1 amide bonds. The molecule has 1 saturated heterocycles. The molecular weight excluding hydrogens is 382 g/mol. The van der Waals surface area contributed by atoms with E-state index in [4.69, 9.17) is 0 Å². The molecule has 0 saturated carbocycles. The lowest BCUT2D eigenvalue weighted by molar-refractivity contribution is 0.0697. The topological polar surface area (TPSA) is 98.7 Å². The van der Waals surface area contributed by atoms with Gasteiger partial charge >= 0.3 is 5.97 Å². The summed E-state index contributed by atoms with van der Waals surface area (Å²) in [7, 11) is 0. The molecule has 0 atom stereocenters. The van der Waals surface area contributed by atoms with Gasteiger partial charge in [-0.25, -0.2) is 14.8 Å². The van der Waals surface area contributed by atoms with Crippen LogP contribution in [0, 0.1) is 0 Å². The van der Waals surface area contributed by atoms with Crippen molar-refractivity contribution in [1.82, 2.24) is 9.97 Å². The number of piperazine rings is 1. The molecule has 30 heavy (non-hydrogen) atoms. The SMILES string of the molecule is O=C(Nc1ccc(N2CCN(c3ncccn3)CC2)c(C(=O)O)c1)c1ccccc1. The van der Waals surface area contributed by atoms with Gasteiger partial charge in [0.1, 0.15) is 0 Å². The van der Waals surface area contributed by atoms with Crippen molar-refractivity contribution < 1.29 is 14.7 Å². The molecule has 2 heterocycles. The first-order valence-corrected chi connectivity index (χ1v) is 9.62. The Morgan fingerprint density at radius 1 is 0.867 bits per heavy atom. The fraction of sp³-hybridized carbons (Fsp3) is 0.182. The summed E-state index contributed by atoms with van der Waals surface area (Å²) in [6.45, 7) is 2.67. The molecular formula is C22H21N5O3. The average molecular weight is 403 g/mol. The first kappa shape index (κ1) is 19.4. The van der Waals surface area contributed by atoms with Gasteiger partial charge in [0.15, 0.2) is 0 Å². The van der Waals surface area contributed by atoms with Crippen LogP contribution in [0.3, 0.4) is 0 Å². The summed E-state index contributed by atoms with van der Waals surface area (Å²) in [6.07, 6.45) is 3.42.